The molecule has 2 rings (SSSR count). The van der Waals surface area contributed by atoms with E-state index in [2.05, 4.69) is 9.97 Å². The lowest BCUT2D eigenvalue weighted by molar-refractivity contribution is 0.0748. The summed E-state index contributed by atoms with van der Waals surface area (Å²) >= 11 is 1.38. The second-order valence-electron chi connectivity index (χ2n) is 3.99. The predicted octanol–water partition coefficient (Wildman–Crippen LogP) is 1.92. The molecule has 19 heavy (non-hydrogen) atoms. The van der Waals surface area contributed by atoms with Gasteiger partial charge in [-0.1, -0.05) is 0 Å². The van der Waals surface area contributed by atoms with Gasteiger partial charge in [-0.2, -0.15) is 0 Å². The third-order valence-electron chi connectivity index (χ3n) is 2.62. The van der Waals surface area contributed by atoms with Crippen molar-refractivity contribution in [3.05, 3.63) is 35.6 Å². The summed E-state index contributed by atoms with van der Waals surface area (Å²) in [5.74, 6) is -0.0325. The van der Waals surface area contributed by atoms with Gasteiger partial charge in [-0.25, -0.2) is 4.98 Å². The van der Waals surface area contributed by atoms with Gasteiger partial charge >= 0.3 is 0 Å². The van der Waals surface area contributed by atoms with Crippen LogP contribution in [0.3, 0.4) is 0 Å². The van der Waals surface area contributed by atoms with Crippen LogP contribution in [0, 0.1) is 0 Å². The number of likely N-dealkylation sites (N-methyl/N-ethyl adjacent to an activating group) is 1. The number of hydrogen-bond donors (Lipinski definition) is 0. The van der Waals surface area contributed by atoms with Gasteiger partial charge in [0.15, 0.2) is 0 Å². The number of nitrogens with zero attached hydrogens (tertiary/aromatic N) is 3. The molecule has 0 atom stereocenters. The lowest BCUT2D eigenvalue weighted by Gasteiger charge is -2.14. The SMILES string of the molecule is COCCN(C)C(=O)c1cnc(-c2ccncc2)s1. The Morgan fingerprint density at radius 1 is 1.42 bits per heavy atom. The van der Waals surface area contributed by atoms with Crippen molar-refractivity contribution < 1.29 is 9.53 Å². The Morgan fingerprint density at radius 3 is 2.84 bits per heavy atom. The molecule has 1 amide bonds. The van der Waals surface area contributed by atoms with E-state index in [4.69, 9.17) is 4.74 Å². The molecule has 0 radical (unpaired) electrons. The minimum absolute atomic E-state index is 0.0325. The van der Waals surface area contributed by atoms with E-state index in [-0.39, 0.29) is 5.91 Å². The van der Waals surface area contributed by atoms with Crippen molar-refractivity contribution in [3.8, 4) is 10.6 Å². The van der Waals surface area contributed by atoms with Crippen LogP contribution in [0.25, 0.3) is 10.6 Å². The summed E-state index contributed by atoms with van der Waals surface area (Å²) in [6.45, 7) is 1.09. The highest BCUT2D eigenvalue weighted by molar-refractivity contribution is 7.16. The van der Waals surface area contributed by atoms with Crippen LogP contribution in [0.4, 0.5) is 0 Å². The molecule has 2 heterocycles. The molecular formula is C13H15N3O2S. The highest BCUT2D eigenvalue weighted by Crippen LogP contribution is 2.25. The van der Waals surface area contributed by atoms with Gasteiger partial charge in [-0.15, -0.1) is 11.3 Å². The number of thiazole rings is 1. The Morgan fingerprint density at radius 2 is 2.16 bits per heavy atom. The molecule has 0 aromatic carbocycles. The van der Waals surface area contributed by atoms with Gasteiger partial charge in [-0.3, -0.25) is 9.78 Å². The maximum absolute atomic E-state index is 12.1. The first kappa shape index (κ1) is 13.6. The van der Waals surface area contributed by atoms with Crippen LogP contribution in [0.2, 0.25) is 0 Å². The van der Waals surface area contributed by atoms with Crippen LogP contribution in [0.15, 0.2) is 30.7 Å². The molecule has 0 aliphatic heterocycles. The molecule has 0 aliphatic carbocycles. The molecule has 5 nitrogen and oxygen atoms in total. The number of carbonyl (C=O) groups is 1. The smallest absolute Gasteiger partial charge is 0.265 e. The highest BCUT2D eigenvalue weighted by atomic mass is 32.1. The summed E-state index contributed by atoms with van der Waals surface area (Å²) in [6.07, 6.45) is 5.04. The number of hydrogen-bond acceptors (Lipinski definition) is 5. The average molecular weight is 277 g/mol. The zero-order valence-electron chi connectivity index (χ0n) is 10.9. The minimum Gasteiger partial charge on any atom is -0.383 e. The monoisotopic (exact) mass is 277 g/mol. The largest absolute Gasteiger partial charge is 0.383 e. The molecule has 0 spiro atoms. The molecule has 0 N–H and O–H groups in total. The zero-order chi connectivity index (χ0) is 13.7. The van der Waals surface area contributed by atoms with E-state index in [0.717, 1.165) is 10.6 Å². The fourth-order valence-electron chi connectivity index (χ4n) is 1.52. The maximum atomic E-state index is 12.1. The molecule has 100 valence electrons. The quantitative estimate of drug-likeness (QED) is 0.838. The van der Waals surface area contributed by atoms with Gasteiger partial charge in [0.1, 0.15) is 9.88 Å². The Labute approximate surface area is 115 Å². The van der Waals surface area contributed by atoms with E-state index < -0.39 is 0 Å². The number of pyridine rings is 1. The molecule has 0 fully saturated rings. The van der Waals surface area contributed by atoms with Crippen LogP contribution < -0.4 is 0 Å². The lowest BCUT2D eigenvalue weighted by Crippen LogP contribution is -2.29. The predicted molar refractivity (Wildman–Crippen MR) is 74.2 cm³/mol. The van der Waals surface area contributed by atoms with E-state index in [1.54, 1.807) is 37.6 Å². The first-order valence-corrected chi connectivity index (χ1v) is 6.64. The summed E-state index contributed by atoms with van der Waals surface area (Å²) < 4.78 is 4.96. The van der Waals surface area contributed by atoms with Crippen LogP contribution in [-0.4, -0.2) is 48.1 Å². The van der Waals surface area contributed by atoms with Crippen molar-refractivity contribution in [1.82, 2.24) is 14.9 Å². The van der Waals surface area contributed by atoms with Gasteiger partial charge in [0, 0.05) is 38.7 Å². The van der Waals surface area contributed by atoms with Gasteiger partial charge in [0.05, 0.1) is 12.8 Å². The Hall–Kier alpha value is -1.79. The normalized spacial score (nSPS) is 10.4. The van der Waals surface area contributed by atoms with Crippen molar-refractivity contribution in [1.29, 1.82) is 0 Å². The topological polar surface area (TPSA) is 55.3 Å². The standard InChI is InChI=1S/C13H15N3O2S/c1-16(7-8-18-2)13(17)11-9-15-12(19-11)10-3-5-14-6-4-10/h3-6,9H,7-8H2,1-2H3. The zero-order valence-corrected chi connectivity index (χ0v) is 11.7. The van der Waals surface area contributed by atoms with Crippen molar-refractivity contribution in [2.75, 3.05) is 27.3 Å². The van der Waals surface area contributed by atoms with Gasteiger partial charge in [-0.05, 0) is 12.1 Å². The number of carbonyl (C=O) groups excluding carboxylic acids is 1. The van der Waals surface area contributed by atoms with Gasteiger partial charge < -0.3 is 9.64 Å². The molecule has 0 aliphatic rings. The summed E-state index contributed by atoms with van der Waals surface area (Å²) in [4.78, 5) is 22.6. The molecule has 2 aromatic rings. The van der Waals surface area contributed by atoms with E-state index in [1.165, 1.54) is 11.3 Å². The van der Waals surface area contributed by atoms with Crippen molar-refractivity contribution >= 4 is 17.2 Å². The van der Waals surface area contributed by atoms with E-state index in [9.17, 15) is 4.79 Å². The summed E-state index contributed by atoms with van der Waals surface area (Å²) in [6, 6.07) is 3.75. The molecule has 0 unspecified atom stereocenters. The number of ether oxygens (including phenoxy) is 1. The molecular weight excluding hydrogens is 262 g/mol. The van der Waals surface area contributed by atoms with Crippen LogP contribution in [0.1, 0.15) is 9.67 Å². The fourth-order valence-corrected chi connectivity index (χ4v) is 2.44. The number of amides is 1. The highest BCUT2D eigenvalue weighted by Gasteiger charge is 2.15. The first-order chi connectivity index (χ1) is 9.22. The molecule has 6 heteroatoms. The van der Waals surface area contributed by atoms with Crippen molar-refractivity contribution in [2.45, 2.75) is 0 Å². The third-order valence-corrected chi connectivity index (χ3v) is 3.66. The number of methoxy groups -OCH3 is 1. The Bertz CT molecular complexity index is 542. The molecule has 2 aromatic heterocycles. The number of rotatable bonds is 5. The first-order valence-electron chi connectivity index (χ1n) is 5.83. The van der Waals surface area contributed by atoms with E-state index in [0.29, 0.717) is 18.0 Å². The van der Waals surface area contributed by atoms with E-state index in [1.807, 2.05) is 12.1 Å². The number of aromatic nitrogens is 2. The minimum atomic E-state index is -0.0325. The second kappa shape index (κ2) is 6.40. The second-order valence-corrected chi connectivity index (χ2v) is 5.02. The van der Waals surface area contributed by atoms with Crippen LogP contribution in [0.5, 0.6) is 0 Å². The summed E-state index contributed by atoms with van der Waals surface area (Å²) in [5.41, 5.74) is 0.971. The summed E-state index contributed by atoms with van der Waals surface area (Å²) in [7, 11) is 3.37. The Kier molecular flexibility index (Phi) is 4.59. The summed E-state index contributed by atoms with van der Waals surface area (Å²) in [5, 5.41) is 0.825. The van der Waals surface area contributed by atoms with E-state index >= 15 is 0 Å². The van der Waals surface area contributed by atoms with Crippen molar-refractivity contribution in [3.63, 3.8) is 0 Å². The fraction of sp³-hybridized carbons (Fsp3) is 0.308. The van der Waals surface area contributed by atoms with Crippen molar-refractivity contribution in [2.24, 2.45) is 0 Å². The molecule has 0 saturated carbocycles. The third kappa shape index (κ3) is 3.36. The lowest BCUT2D eigenvalue weighted by atomic mass is 10.3. The van der Waals surface area contributed by atoms with Crippen LogP contribution in [-0.2, 0) is 4.74 Å². The Balaban J connectivity index is 2.11. The van der Waals surface area contributed by atoms with Crippen LogP contribution >= 0.6 is 11.3 Å². The molecule has 0 saturated heterocycles. The van der Waals surface area contributed by atoms with Gasteiger partial charge in [0.2, 0.25) is 0 Å². The average Bonchev–Trinajstić information content (AvgIpc) is 2.94. The molecule has 0 bridgehead atoms. The van der Waals surface area contributed by atoms with Gasteiger partial charge in [0.25, 0.3) is 5.91 Å². The maximum Gasteiger partial charge on any atom is 0.265 e.